The maximum absolute atomic E-state index is 12.6. The second-order valence-corrected chi connectivity index (χ2v) is 29.9. The standard InChI is InChI=1S/C87H169NO5/c1-3-5-7-9-11-13-15-17-19-20-21-22-42-45-48-52-55-59-63-67-71-75-79-85(90)84(83-89)88-86(91)80-76-72-68-64-60-56-53-49-46-43-40-38-36-34-32-30-28-26-24-23-25-27-29-31-33-35-37-39-41-44-47-50-54-58-62-66-70-74-78-82-93-87(92)81-77-73-69-65-61-57-51-18-16-14-12-10-8-6-4-2/h18,23-24,51,84-85,89-90H,3-17,19-22,25-50,52-83H2,1-2H3,(H,88,91)/b24-23-,51-18-. The van der Waals surface area contributed by atoms with Crippen LogP contribution in [0.15, 0.2) is 24.3 Å². The Hall–Kier alpha value is -1.66. The van der Waals surface area contributed by atoms with Crippen molar-refractivity contribution in [2.45, 2.75) is 508 Å². The Morgan fingerprint density at radius 3 is 0.763 bits per heavy atom. The first-order chi connectivity index (χ1) is 46.0. The zero-order chi connectivity index (χ0) is 67.0. The molecule has 0 spiro atoms. The summed E-state index contributed by atoms with van der Waals surface area (Å²) in [6, 6.07) is -0.539. The Morgan fingerprint density at radius 1 is 0.290 bits per heavy atom. The molecular formula is C87H169NO5. The predicted octanol–water partition coefficient (Wildman–Crippen LogP) is 28.8. The molecule has 0 aliphatic carbocycles. The van der Waals surface area contributed by atoms with Crippen molar-refractivity contribution in [3.05, 3.63) is 24.3 Å². The average Bonchev–Trinajstić information content (AvgIpc) is 3.78. The van der Waals surface area contributed by atoms with Crippen LogP contribution >= 0.6 is 0 Å². The van der Waals surface area contributed by atoms with Crippen LogP contribution < -0.4 is 5.32 Å². The van der Waals surface area contributed by atoms with E-state index in [2.05, 4.69) is 43.5 Å². The second-order valence-electron chi connectivity index (χ2n) is 29.9. The summed E-state index contributed by atoms with van der Waals surface area (Å²) in [5.41, 5.74) is 0. The number of ether oxygens (including phenoxy) is 1. The predicted molar refractivity (Wildman–Crippen MR) is 412 cm³/mol. The number of allylic oxidation sites excluding steroid dienone is 4. The Morgan fingerprint density at radius 2 is 0.505 bits per heavy atom. The molecule has 0 heterocycles. The molecule has 0 rings (SSSR count). The lowest BCUT2D eigenvalue weighted by Gasteiger charge is -2.22. The minimum Gasteiger partial charge on any atom is -0.466 e. The molecule has 552 valence electrons. The zero-order valence-corrected chi connectivity index (χ0v) is 63.5. The molecule has 0 aromatic rings. The van der Waals surface area contributed by atoms with E-state index in [-0.39, 0.29) is 18.5 Å². The first-order valence-corrected chi connectivity index (χ1v) is 43.1. The molecule has 6 nitrogen and oxygen atoms in total. The Kier molecular flexibility index (Phi) is 81.3. The van der Waals surface area contributed by atoms with Crippen LogP contribution in [0.5, 0.6) is 0 Å². The number of aliphatic hydroxyl groups excluding tert-OH is 2. The Balaban J connectivity index is 3.32. The fourth-order valence-electron chi connectivity index (χ4n) is 13.9. The minimum atomic E-state index is -0.662. The van der Waals surface area contributed by atoms with Gasteiger partial charge in [0.1, 0.15) is 0 Å². The van der Waals surface area contributed by atoms with Gasteiger partial charge in [-0.2, -0.15) is 0 Å². The summed E-state index contributed by atoms with van der Waals surface area (Å²) in [7, 11) is 0. The van der Waals surface area contributed by atoms with E-state index in [1.54, 1.807) is 0 Å². The molecule has 3 N–H and O–H groups in total. The topological polar surface area (TPSA) is 95.9 Å². The molecule has 2 unspecified atom stereocenters. The lowest BCUT2D eigenvalue weighted by Crippen LogP contribution is -2.45. The SMILES string of the molecule is CCCCCCCC/C=C\CCCCCCCC(=O)OCCCCCCCCCCCCCCCCCCCC/C=C\CCCCCCCCCCCCCCCCCCCC(=O)NC(CO)C(O)CCCCCCCCCCCCCCCCCCCCCCCC. The summed E-state index contributed by atoms with van der Waals surface area (Å²) in [6.07, 6.45) is 107. The van der Waals surface area contributed by atoms with E-state index in [1.165, 1.54) is 417 Å². The Labute approximate surface area is 583 Å². The number of esters is 1. The van der Waals surface area contributed by atoms with E-state index >= 15 is 0 Å². The van der Waals surface area contributed by atoms with Gasteiger partial charge in [0.15, 0.2) is 0 Å². The third-order valence-corrected chi connectivity index (χ3v) is 20.5. The molecular weight excluding hydrogens is 1140 g/mol. The highest BCUT2D eigenvalue weighted by Gasteiger charge is 2.20. The van der Waals surface area contributed by atoms with Gasteiger partial charge in [-0.15, -0.1) is 0 Å². The van der Waals surface area contributed by atoms with Crippen LogP contribution in [-0.4, -0.2) is 47.4 Å². The molecule has 93 heavy (non-hydrogen) atoms. The third kappa shape index (κ3) is 79.2. The molecule has 0 bridgehead atoms. The molecule has 0 saturated heterocycles. The highest BCUT2D eigenvalue weighted by molar-refractivity contribution is 5.76. The van der Waals surface area contributed by atoms with Gasteiger partial charge < -0.3 is 20.3 Å². The summed E-state index contributed by atoms with van der Waals surface area (Å²) in [4.78, 5) is 24.7. The van der Waals surface area contributed by atoms with Crippen LogP contribution in [0.1, 0.15) is 495 Å². The van der Waals surface area contributed by atoms with Crippen LogP contribution in [0.3, 0.4) is 0 Å². The van der Waals surface area contributed by atoms with Crippen molar-refractivity contribution >= 4 is 11.9 Å². The Bertz CT molecular complexity index is 1460. The highest BCUT2D eigenvalue weighted by Crippen LogP contribution is 2.21. The van der Waals surface area contributed by atoms with Crippen molar-refractivity contribution in [2.24, 2.45) is 0 Å². The molecule has 0 radical (unpaired) electrons. The van der Waals surface area contributed by atoms with E-state index in [0.29, 0.717) is 25.9 Å². The number of hydrogen-bond acceptors (Lipinski definition) is 5. The molecule has 0 aliphatic rings. The number of carbonyl (C=O) groups excluding carboxylic acids is 2. The third-order valence-electron chi connectivity index (χ3n) is 20.5. The average molecular weight is 1310 g/mol. The smallest absolute Gasteiger partial charge is 0.305 e. The second kappa shape index (κ2) is 82.8. The molecule has 1 amide bonds. The van der Waals surface area contributed by atoms with Gasteiger partial charge >= 0.3 is 5.97 Å². The van der Waals surface area contributed by atoms with Crippen molar-refractivity contribution in [1.82, 2.24) is 5.32 Å². The van der Waals surface area contributed by atoms with Crippen LogP contribution in [0, 0.1) is 0 Å². The fraction of sp³-hybridized carbons (Fsp3) is 0.931. The zero-order valence-electron chi connectivity index (χ0n) is 63.5. The molecule has 2 atom stereocenters. The summed E-state index contributed by atoms with van der Waals surface area (Å²) in [5, 5.41) is 23.5. The first kappa shape index (κ1) is 91.3. The quantitative estimate of drug-likeness (QED) is 0.0320. The lowest BCUT2D eigenvalue weighted by atomic mass is 10.0. The van der Waals surface area contributed by atoms with Crippen LogP contribution in [0.2, 0.25) is 0 Å². The van der Waals surface area contributed by atoms with Crippen molar-refractivity contribution < 1.29 is 24.5 Å². The number of rotatable bonds is 82. The molecule has 6 heteroatoms. The van der Waals surface area contributed by atoms with Crippen molar-refractivity contribution in [3.8, 4) is 0 Å². The maximum atomic E-state index is 12.6. The van der Waals surface area contributed by atoms with E-state index in [9.17, 15) is 19.8 Å². The van der Waals surface area contributed by atoms with Gasteiger partial charge in [-0.3, -0.25) is 9.59 Å². The lowest BCUT2D eigenvalue weighted by molar-refractivity contribution is -0.143. The van der Waals surface area contributed by atoms with Crippen LogP contribution in [0.25, 0.3) is 0 Å². The van der Waals surface area contributed by atoms with Gasteiger partial charge in [0, 0.05) is 12.8 Å². The largest absolute Gasteiger partial charge is 0.466 e. The highest BCUT2D eigenvalue weighted by atomic mass is 16.5. The fourth-order valence-corrected chi connectivity index (χ4v) is 13.9. The number of unbranched alkanes of at least 4 members (excludes halogenated alkanes) is 67. The number of aliphatic hydroxyl groups is 2. The van der Waals surface area contributed by atoms with Crippen molar-refractivity contribution in [2.75, 3.05) is 13.2 Å². The van der Waals surface area contributed by atoms with Crippen LogP contribution in [0.4, 0.5) is 0 Å². The first-order valence-electron chi connectivity index (χ1n) is 43.1. The number of nitrogens with one attached hydrogen (secondary N) is 1. The summed E-state index contributed by atoms with van der Waals surface area (Å²) in [5.74, 6) is -0.00906. The minimum absolute atomic E-state index is 0.0156. The van der Waals surface area contributed by atoms with Crippen LogP contribution in [-0.2, 0) is 14.3 Å². The molecule has 0 fully saturated rings. The normalized spacial score (nSPS) is 12.5. The monoisotopic (exact) mass is 1310 g/mol. The number of hydrogen-bond donors (Lipinski definition) is 3. The van der Waals surface area contributed by atoms with E-state index in [0.717, 1.165) is 44.9 Å². The van der Waals surface area contributed by atoms with Crippen molar-refractivity contribution in [3.63, 3.8) is 0 Å². The molecule has 0 saturated carbocycles. The van der Waals surface area contributed by atoms with Gasteiger partial charge in [-0.05, 0) is 77.0 Å². The van der Waals surface area contributed by atoms with Gasteiger partial charge in [-0.25, -0.2) is 0 Å². The van der Waals surface area contributed by atoms with Gasteiger partial charge in [0.25, 0.3) is 0 Å². The number of carbonyl (C=O) groups is 2. The van der Waals surface area contributed by atoms with E-state index in [4.69, 9.17) is 4.74 Å². The maximum Gasteiger partial charge on any atom is 0.305 e. The van der Waals surface area contributed by atoms with Crippen molar-refractivity contribution in [1.29, 1.82) is 0 Å². The molecule has 0 aromatic heterocycles. The van der Waals surface area contributed by atoms with Gasteiger partial charge in [-0.1, -0.05) is 430 Å². The summed E-state index contributed by atoms with van der Waals surface area (Å²) < 4.78 is 5.50. The molecule has 0 aliphatic heterocycles. The summed E-state index contributed by atoms with van der Waals surface area (Å²) in [6.45, 7) is 5.00. The number of amides is 1. The van der Waals surface area contributed by atoms with Gasteiger partial charge in [0.05, 0.1) is 25.4 Å². The molecule has 0 aromatic carbocycles. The van der Waals surface area contributed by atoms with E-state index in [1.807, 2.05) is 0 Å². The summed E-state index contributed by atoms with van der Waals surface area (Å²) >= 11 is 0. The van der Waals surface area contributed by atoms with Gasteiger partial charge in [0.2, 0.25) is 5.91 Å². The van der Waals surface area contributed by atoms with E-state index < -0.39 is 12.1 Å².